The first-order valence-corrected chi connectivity index (χ1v) is 6.49. The molecule has 0 atom stereocenters. The zero-order chi connectivity index (χ0) is 14.5. The summed E-state index contributed by atoms with van der Waals surface area (Å²) in [6, 6.07) is 6.71. The third-order valence-corrected chi connectivity index (χ3v) is 2.92. The molecule has 1 aromatic heterocycles. The van der Waals surface area contributed by atoms with Gasteiger partial charge in [0.2, 0.25) is 0 Å². The average Bonchev–Trinajstić information content (AvgIpc) is 2.42. The van der Waals surface area contributed by atoms with Crippen LogP contribution in [-0.2, 0) is 0 Å². The van der Waals surface area contributed by atoms with Crippen LogP contribution in [-0.4, -0.2) is 39.3 Å². The zero-order valence-electron chi connectivity index (χ0n) is 12.4. The number of hydrogen-bond donors (Lipinski definition) is 0. The Balaban J connectivity index is 0.00000220. The van der Waals surface area contributed by atoms with Crippen LogP contribution in [0.15, 0.2) is 33.5 Å². The van der Waals surface area contributed by atoms with Crippen LogP contribution in [0.5, 0.6) is 11.5 Å². The lowest BCUT2D eigenvalue weighted by molar-refractivity contribution is 0.282. The molecule has 0 amide bonds. The van der Waals surface area contributed by atoms with Crippen molar-refractivity contribution in [3.8, 4) is 11.5 Å². The summed E-state index contributed by atoms with van der Waals surface area (Å²) in [5, 5.41) is 0.773. The quantitative estimate of drug-likeness (QED) is 0.606. The molecule has 2 aromatic rings. The molecule has 2 rings (SSSR count). The van der Waals surface area contributed by atoms with Gasteiger partial charge in [0.1, 0.15) is 17.1 Å². The van der Waals surface area contributed by atoms with Gasteiger partial charge in [0.25, 0.3) is 0 Å². The maximum Gasteiger partial charge on any atom is 0.339 e. The first-order valence-electron chi connectivity index (χ1n) is 6.49. The lowest BCUT2D eigenvalue weighted by Gasteiger charge is -2.11. The highest BCUT2D eigenvalue weighted by atomic mass is 35.5. The summed E-state index contributed by atoms with van der Waals surface area (Å²) in [4.78, 5) is 13.6. The minimum absolute atomic E-state index is 0. The number of ether oxygens (including phenoxy) is 2. The van der Waals surface area contributed by atoms with Gasteiger partial charge in [0, 0.05) is 12.6 Å². The van der Waals surface area contributed by atoms with E-state index < -0.39 is 5.63 Å². The Morgan fingerprint density at radius 1 is 1.24 bits per heavy atom. The molecule has 0 aliphatic rings. The normalized spacial score (nSPS) is 10.5. The summed E-state index contributed by atoms with van der Waals surface area (Å²) in [7, 11) is 5.60. The average molecular weight is 314 g/mol. The van der Waals surface area contributed by atoms with Gasteiger partial charge in [0.05, 0.1) is 25.2 Å². The molecule has 0 aliphatic carbocycles. The zero-order valence-corrected chi connectivity index (χ0v) is 13.2. The summed E-state index contributed by atoms with van der Waals surface area (Å²) < 4.78 is 16.0. The van der Waals surface area contributed by atoms with Crippen molar-refractivity contribution in [1.82, 2.24) is 4.90 Å². The Kier molecular flexibility index (Phi) is 6.52. The Labute approximate surface area is 129 Å². The minimum Gasteiger partial charge on any atom is -0.497 e. The van der Waals surface area contributed by atoms with Crippen LogP contribution in [0.3, 0.4) is 0 Å². The van der Waals surface area contributed by atoms with Crippen molar-refractivity contribution in [2.75, 3.05) is 34.4 Å². The van der Waals surface area contributed by atoms with E-state index >= 15 is 0 Å². The summed E-state index contributed by atoms with van der Waals surface area (Å²) in [5.41, 5.74) is 0.0489. The predicted octanol–water partition coefficient (Wildman–Crippen LogP) is 2.55. The van der Waals surface area contributed by atoms with Gasteiger partial charge in [-0.05, 0) is 32.6 Å². The van der Waals surface area contributed by atoms with Crippen LogP contribution in [0, 0.1) is 0 Å². The summed E-state index contributed by atoms with van der Waals surface area (Å²) >= 11 is 0. The van der Waals surface area contributed by atoms with Crippen LogP contribution in [0.2, 0.25) is 0 Å². The molecule has 0 saturated heterocycles. The standard InChI is InChI=1S/C15H19NO4.ClH/c1-16(2)7-4-8-19-13-10-15(17)20-14-9-11(18-3)5-6-12(13)14;/h5-6,9-10H,4,7-8H2,1-3H3;1H. The van der Waals surface area contributed by atoms with Crippen molar-refractivity contribution in [3.63, 3.8) is 0 Å². The third-order valence-electron chi connectivity index (χ3n) is 2.92. The maximum absolute atomic E-state index is 11.5. The van der Waals surface area contributed by atoms with Gasteiger partial charge in [-0.15, -0.1) is 12.4 Å². The maximum atomic E-state index is 11.5. The van der Waals surface area contributed by atoms with Crippen molar-refractivity contribution in [2.24, 2.45) is 0 Å². The Morgan fingerprint density at radius 2 is 2.00 bits per heavy atom. The van der Waals surface area contributed by atoms with Crippen LogP contribution < -0.4 is 15.1 Å². The summed E-state index contributed by atoms with van der Waals surface area (Å²) in [6.07, 6.45) is 0.894. The van der Waals surface area contributed by atoms with Gasteiger partial charge in [-0.25, -0.2) is 4.79 Å². The predicted molar refractivity (Wildman–Crippen MR) is 85.0 cm³/mol. The second kappa shape index (κ2) is 7.90. The van der Waals surface area contributed by atoms with Crippen molar-refractivity contribution in [2.45, 2.75) is 6.42 Å². The van der Waals surface area contributed by atoms with Crippen molar-refractivity contribution in [1.29, 1.82) is 0 Å². The van der Waals surface area contributed by atoms with E-state index in [0.717, 1.165) is 18.4 Å². The first kappa shape index (κ1) is 17.3. The van der Waals surface area contributed by atoms with E-state index in [4.69, 9.17) is 13.9 Å². The SMILES string of the molecule is COc1ccc2c(OCCCN(C)C)cc(=O)oc2c1.Cl. The molecule has 0 bridgehead atoms. The van der Waals surface area contributed by atoms with E-state index in [1.165, 1.54) is 6.07 Å². The van der Waals surface area contributed by atoms with Crippen LogP contribution in [0.1, 0.15) is 6.42 Å². The van der Waals surface area contributed by atoms with E-state index in [0.29, 0.717) is 23.7 Å². The van der Waals surface area contributed by atoms with Gasteiger partial charge in [-0.2, -0.15) is 0 Å². The fourth-order valence-corrected chi connectivity index (χ4v) is 1.92. The molecule has 116 valence electrons. The van der Waals surface area contributed by atoms with E-state index in [1.807, 2.05) is 26.2 Å². The van der Waals surface area contributed by atoms with Gasteiger partial charge in [0.15, 0.2) is 0 Å². The number of hydrogen-bond acceptors (Lipinski definition) is 5. The third kappa shape index (κ3) is 4.65. The monoisotopic (exact) mass is 313 g/mol. The minimum atomic E-state index is -0.423. The number of rotatable bonds is 6. The summed E-state index contributed by atoms with van der Waals surface area (Å²) in [5.74, 6) is 1.20. The molecule has 1 heterocycles. The van der Waals surface area contributed by atoms with Gasteiger partial charge < -0.3 is 18.8 Å². The molecular weight excluding hydrogens is 294 g/mol. The van der Waals surface area contributed by atoms with E-state index in [2.05, 4.69) is 4.90 Å². The largest absolute Gasteiger partial charge is 0.497 e. The Morgan fingerprint density at radius 3 is 2.67 bits per heavy atom. The number of methoxy groups -OCH3 is 1. The number of nitrogens with zero attached hydrogens (tertiary/aromatic N) is 1. The highest BCUT2D eigenvalue weighted by Crippen LogP contribution is 2.27. The van der Waals surface area contributed by atoms with Crippen LogP contribution in [0.4, 0.5) is 0 Å². The van der Waals surface area contributed by atoms with Crippen molar-refractivity contribution in [3.05, 3.63) is 34.7 Å². The number of benzene rings is 1. The van der Waals surface area contributed by atoms with Crippen LogP contribution in [0.25, 0.3) is 11.0 Å². The van der Waals surface area contributed by atoms with E-state index in [-0.39, 0.29) is 12.4 Å². The lowest BCUT2D eigenvalue weighted by Crippen LogP contribution is -2.15. The van der Waals surface area contributed by atoms with Gasteiger partial charge in [-0.3, -0.25) is 0 Å². The Bertz CT molecular complexity index is 639. The van der Waals surface area contributed by atoms with Crippen molar-refractivity contribution < 1.29 is 13.9 Å². The van der Waals surface area contributed by atoms with Crippen molar-refractivity contribution >= 4 is 23.4 Å². The second-order valence-corrected chi connectivity index (χ2v) is 4.80. The smallest absolute Gasteiger partial charge is 0.339 e. The van der Waals surface area contributed by atoms with Gasteiger partial charge in [-0.1, -0.05) is 0 Å². The van der Waals surface area contributed by atoms with E-state index in [9.17, 15) is 4.79 Å². The lowest BCUT2D eigenvalue weighted by atomic mass is 10.2. The van der Waals surface area contributed by atoms with E-state index in [1.54, 1.807) is 13.2 Å². The topological polar surface area (TPSA) is 51.9 Å². The molecular formula is C15H20ClNO4. The van der Waals surface area contributed by atoms with Gasteiger partial charge >= 0.3 is 5.63 Å². The molecule has 6 heteroatoms. The Hall–Kier alpha value is -1.72. The molecule has 21 heavy (non-hydrogen) atoms. The molecule has 0 spiro atoms. The number of halogens is 1. The molecule has 0 fully saturated rings. The van der Waals surface area contributed by atoms with Crippen LogP contribution >= 0.6 is 12.4 Å². The highest BCUT2D eigenvalue weighted by molar-refractivity contribution is 5.85. The second-order valence-electron chi connectivity index (χ2n) is 4.80. The molecule has 5 nitrogen and oxygen atoms in total. The molecule has 0 saturated carbocycles. The highest BCUT2D eigenvalue weighted by Gasteiger charge is 2.08. The molecule has 0 N–H and O–H groups in total. The molecule has 0 radical (unpaired) electrons. The summed E-state index contributed by atoms with van der Waals surface area (Å²) in [6.45, 7) is 1.50. The molecule has 0 unspecified atom stereocenters. The fourth-order valence-electron chi connectivity index (χ4n) is 1.92. The molecule has 0 aliphatic heterocycles. The number of fused-ring (bicyclic) bond motifs is 1. The molecule has 1 aromatic carbocycles. The first-order chi connectivity index (χ1) is 9.60. The fraction of sp³-hybridized carbons (Fsp3) is 0.400.